The van der Waals surface area contributed by atoms with Gasteiger partial charge in [0.25, 0.3) is 0 Å². The van der Waals surface area contributed by atoms with Gasteiger partial charge in [-0.2, -0.15) is 0 Å². The number of alkyl halides is 1. The highest BCUT2D eigenvalue weighted by atomic mass is 35.5. The Hall–Kier alpha value is -2.40. The number of unbranched alkanes of at least 4 members (excludes halogenated alkanes) is 1. The van der Waals surface area contributed by atoms with Crippen LogP contribution >= 0.6 is 11.6 Å². The van der Waals surface area contributed by atoms with Gasteiger partial charge in [-0.15, -0.1) is 11.6 Å². The molecule has 0 radical (unpaired) electrons. The van der Waals surface area contributed by atoms with Crippen LogP contribution in [0.25, 0.3) is 0 Å². The molecule has 0 saturated heterocycles. The zero-order valence-corrected chi connectivity index (χ0v) is 15.6. The summed E-state index contributed by atoms with van der Waals surface area (Å²) < 4.78 is 4.90. The number of hydrogen-bond acceptors (Lipinski definition) is 5. The van der Waals surface area contributed by atoms with E-state index in [1.165, 1.54) is 0 Å². The van der Waals surface area contributed by atoms with Crippen LogP contribution in [-0.2, 0) is 20.2 Å². The first-order valence-corrected chi connectivity index (χ1v) is 9.19. The number of benzene rings is 1. The Bertz CT molecular complexity index is 720. The number of ether oxygens (including phenoxy) is 1. The number of oxime groups is 1. The maximum Gasteiger partial charge on any atom is 0.305 e. The lowest BCUT2D eigenvalue weighted by atomic mass is 10.0. The van der Waals surface area contributed by atoms with Crippen molar-refractivity contribution in [3.05, 3.63) is 65.5 Å². The van der Waals surface area contributed by atoms with Crippen molar-refractivity contribution in [2.45, 2.75) is 32.1 Å². The van der Waals surface area contributed by atoms with Crippen LogP contribution in [0.4, 0.5) is 0 Å². The van der Waals surface area contributed by atoms with E-state index in [1.54, 1.807) is 19.3 Å². The third-order valence-corrected chi connectivity index (χ3v) is 3.93. The molecule has 1 aromatic heterocycles. The molecule has 1 aromatic carbocycles. The van der Waals surface area contributed by atoms with E-state index in [0.29, 0.717) is 37.6 Å². The molecule has 1 heterocycles. The molecule has 0 aliphatic heterocycles. The lowest BCUT2D eigenvalue weighted by Gasteiger charge is -2.08. The van der Waals surface area contributed by atoms with Crippen LogP contribution in [0.2, 0.25) is 0 Å². The molecular weight excluding hydrogens is 352 g/mol. The summed E-state index contributed by atoms with van der Waals surface area (Å²) >= 11 is 5.94. The molecule has 6 heteroatoms. The van der Waals surface area contributed by atoms with E-state index in [1.807, 2.05) is 36.4 Å². The van der Waals surface area contributed by atoms with Crippen LogP contribution in [0.5, 0.6) is 0 Å². The van der Waals surface area contributed by atoms with Gasteiger partial charge in [0.05, 0.1) is 6.61 Å². The largest absolute Gasteiger partial charge is 0.466 e. The van der Waals surface area contributed by atoms with Crippen LogP contribution in [-0.4, -0.2) is 29.9 Å². The lowest BCUT2D eigenvalue weighted by molar-refractivity contribution is -0.143. The van der Waals surface area contributed by atoms with Crippen molar-refractivity contribution >= 4 is 23.3 Å². The summed E-state index contributed by atoms with van der Waals surface area (Å²) in [4.78, 5) is 21.0. The van der Waals surface area contributed by atoms with Crippen LogP contribution < -0.4 is 0 Å². The Morgan fingerprint density at radius 3 is 2.77 bits per heavy atom. The number of hydrogen-bond donors (Lipinski definition) is 0. The second-order valence-electron chi connectivity index (χ2n) is 5.61. The fourth-order valence-electron chi connectivity index (χ4n) is 2.36. The van der Waals surface area contributed by atoms with E-state index in [4.69, 9.17) is 21.2 Å². The van der Waals surface area contributed by atoms with Gasteiger partial charge in [0.1, 0.15) is 12.3 Å². The third-order valence-electron chi connectivity index (χ3n) is 3.62. The zero-order valence-electron chi connectivity index (χ0n) is 14.9. The van der Waals surface area contributed by atoms with Gasteiger partial charge in [0, 0.05) is 35.8 Å². The summed E-state index contributed by atoms with van der Waals surface area (Å²) in [5.41, 5.74) is 3.50. The average molecular weight is 375 g/mol. The Balaban J connectivity index is 2.00. The highest BCUT2D eigenvalue weighted by molar-refractivity contribution is 6.17. The van der Waals surface area contributed by atoms with Crippen molar-refractivity contribution in [2.75, 3.05) is 13.2 Å². The molecule has 0 spiro atoms. The molecule has 0 fully saturated rings. The summed E-state index contributed by atoms with van der Waals surface area (Å²) in [5.74, 6) is 0.257. The molecular formula is C20H23ClN2O3. The van der Waals surface area contributed by atoms with Gasteiger partial charge in [-0.1, -0.05) is 23.4 Å². The van der Waals surface area contributed by atoms with E-state index < -0.39 is 0 Å². The Kier molecular flexibility index (Phi) is 8.63. The maximum absolute atomic E-state index is 11.3. The fourth-order valence-corrected chi connectivity index (χ4v) is 2.52. The van der Waals surface area contributed by atoms with Gasteiger partial charge in [-0.3, -0.25) is 9.78 Å². The number of carbonyl (C=O) groups excluding carboxylic acids is 1. The minimum atomic E-state index is -0.176. The molecule has 2 rings (SSSR count). The molecule has 0 amide bonds. The van der Waals surface area contributed by atoms with Crippen molar-refractivity contribution in [1.29, 1.82) is 0 Å². The topological polar surface area (TPSA) is 60.8 Å². The molecule has 2 aromatic rings. The van der Waals surface area contributed by atoms with Crippen LogP contribution in [0.3, 0.4) is 0 Å². The summed E-state index contributed by atoms with van der Waals surface area (Å²) in [7, 11) is 0. The van der Waals surface area contributed by atoms with Gasteiger partial charge >= 0.3 is 5.97 Å². The van der Waals surface area contributed by atoms with E-state index in [9.17, 15) is 4.79 Å². The van der Waals surface area contributed by atoms with Crippen molar-refractivity contribution < 1.29 is 14.4 Å². The molecule has 26 heavy (non-hydrogen) atoms. The molecule has 0 aliphatic carbocycles. The first-order chi connectivity index (χ1) is 12.7. The minimum absolute atomic E-state index is 0.176. The number of halogens is 1. The predicted octanol–water partition coefficient (Wildman–Crippen LogP) is 4.32. The molecule has 0 aliphatic rings. The number of esters is 1. The molecule has 0 bridgehead atoms. The fraction of sp³-hybridized carbons (Fsp3) is 0.350. The monoisotopic (exact) mass is 374 g/mol. The van der Waals surface area contributed by atoms with Gasteiger partial charge < -0.3 is 9.57 Å². The van der Waals surface area contributed by atoms with Crippen molar-refractivity contribution in [2.24, 2.45) is 5.16 Å². The number of rotatable bonds is 10. The number of pyridine rings is 1. The van der Waals surface area contributed by atoms with Crippen LogP contribution in [0, 0.1) is 0 Å². The van der Waals surface area contributed by atoms with E-state index in [2.05, 4.69) is 10.1 Å². The highest BCUT2D eigenvalue weighted by Crippen LogP contribution is 2.14. The smallest absolute Gasteiger partial charge is 0.305 e. The van der Waals surface area contributed by atoms with E-state index >= 15 is 0 Å². The summed E-state index contributed by atoms with van der Waals surface area (Å²) in [5, 5.41) is 4.31. The molecule has 0 saturated carbocycles. The van der Waals surface area contributed by atoms with Gasteiger partial charge in [-0.05, 0) is 43.5 Å². The summed E-state index contributed by atoms with van der Waals surface area (Å²) in [6, 6.07) is 11.7. The molecule has 138 valence electrons. The standard InChI is InChI=1S/C20H23ClN2O3/c1-2-25-19(24)10-3-4-12-26-23-20(18-9-6-11-22-15-18)17-8-5-7-16(13-17)14-21/h5-9,11,13,15H,2-4,10,12,14H2,1H3/b23-20+. The van der Waals surface area contributed by atoms with E-state index in [0.717, 1.165) is 23.1 Å². The average Bonchev–Trinajstić information content (AvgIpc) is 2.68. The van der Waals surface area contributed by atoms with Crippen LogP contribution in [0.1, 0.15) is 42.9 Å². The number of carbonyl (C=O) groups is 1. The molecule has 0 N–H and O–H groups in total. The van der Waals surface area contributed by atoms with E-state index in [-0.39, 0.29) is 5.97 Å². The van der Waals surface area contributed by atoms with Crippen molar-refractivity contribution in [3.63, 3.8) is 0 Å². The molecule has 0 unspecified atom stereocenters. The molecule has 0 atom stereocenters. The normalized spacial score (nSPS) is 11.2. The summed E-state index contributed by atoms with van der Waals surface area (Å²) in [6.07, 6.45) is 5.29. The van der Waals surface area contributed by atoms with Crippen LogP contribution in [0.15, 0.2) is 53.9 Å². The first-order valence-electron chi connectivity index (χ1n) is 8.66. The number of nitrogens with zero attached hydrogens (tertiary/aromatic N) is 2. The Morgan fingerprint density at radius 1 is 1.19 bits per heavy atom. The Morgan fingerprint density at radius 2 is 2.04 bits per heavy atom. The first kappa shape index (κ1) is 19.9. The zero-order chi connectivity index (χ0) is 18.6. The SMILES string of the molecule is CCOC(=O)CCCCO/N=C(/c1cccnc1)c1cccc(CCl)c1. The van der Waals surface area contributed by atoms with Gasteiger partial charge in [0.2, 0.25) is 0 Å². The molecule has 5 nitrogen and oxygen atoms in total. The van der Waals surface area contributed by atoms with Gasteiger partial charge in [-0.25, -0.2) is 0 Å². The van der Waals surface area contributed by atoms with Crippen molar-refractivity contribution in [3.8, 4) is 0 Å². The minimum Gasteiger partial charge on any atom is -0.466 e. The highest BCUT2D eigenvalue weighted by Gasteiger charge is 2.09. The predicted molar refractivity (Wildman–Crippen MR) is 102 cm³/mol. The number of aromatic nitrogens is 1. The maximum atomic E-state index is 11.3. The second kappa shape index (κ2) is 11.3. The van der Waals surface area contributed by atoms with Gasteiger partial charge in [0.15, 0.2) is 0 Å². The van der Waals surface area contributed by atoms with Crippen molar-refractivity contribution in [1.82, 2.24) is 4.98 Å². The summed E-state index contributed by atoms with van der Waals surface area (Å²) in [6.45, 7) is 2.64. The second-order valence-corrected chi connectivity index (χ2v) is 5.88. The quantitative estimate of drug-likeness (QED) is 0.204. The third kappa shape index (κ3) is 6.48. The lowest BCUT2D eigenvalue weighted by Crippen LogP contribution is -2.06. The Labute approximate surface area is 159 Å².